The van der Waals surface area contributed by atoms with E-state index in [0.717, 1.165) is 42.5 Å². The van der Waals surface area contributed by atoms with Crippen molar-refractivity contribution in [2.75, 3.05) is 38.3 Å². The summed E-state index contributed by atoms with van der Waals surface area (Å²) in [6.45, 7) is 5.19. The Morgan fingerprint density at radius 3 is 2.61 bits per heavy atom. The maximum Gasteiger partial charge on any atom is 0.266 e. The highest BCUT2D eigenvalue weighted by atomic mass is 32.2. The van der Waals surface area contributed by atoms with Crippen LogP contribution in [0.5, 0.6) is 0 Å². The second kappa shape index (κ2) is 9.54. The van der Waals surface area contributed by atoms with E-state index in [0.29, 0.717) is 34.5 Å². The number of hydrogen-bond donors (Lipinski definition) is 0. The second-order valence-electron chi connectivity index (χ2n) is 7.70. The number of amides is 1. The molecule has 2 aliphatic heterocycles. The summed E-state index contributed by atoms with van der Waals surface area (Å²) in [5.41, 5.74) is 2.38. The van der Waals surface area contributed by atoms with Gasteiger partial charge in [-0.15, -0.1) is 0 Å². The third kappa shape index (κ3) is 4.16. The van der Waals surface area contributed by atoms with Crippen LogP contribution in [0, 0.1) is 0 Å². The molecule has 2 aromatic rings. The number of piperidine rings is 1. The zero-order valence-electron chi connectivity index (χ0n) is 17.9. The molecular weight excluding hydrogens is 430 g/mol. The Labute approximate surface area is 191 Å². The average molecular weight is 458 g/mol. The van der Waals surface area contributed by atoms with Crippen molar-refractivity contribution in [1.29, 1.82) is 0 Å². The second-order valence-corrected chi connectivity index (χ2v) is 9.38. The lowest BCUT2D eigenvalue weighted by Gasteiger charge is -2.31. The van der Waals surface area contributed by atoms with E-state index in [1.807, 2.05) is 25.1 Å². The summed E-state index contributed by atoms with van der Waals surface area (Å²) in [6, 6.07) is 8.05. The lowest BCUT2D eigenvalue weighted by atomic mass is 10.0. The molecule has 8 heteroatoms. The van der Waals surface area contributed by atoms with Gasteiger partial charge < -0.3 is 14.2 Å². The molecule has 2 fully saturated rings. The molecule has 0 unspecified atom stereocenters. The van der Waals surface area contributed by atoms with Crippen LogP contribution in [0.25, 0.3) is 17.0 Å². The lowest BCUT2D eigenvalue weighted by Crippen LogP contribution is -2.34. The molecule has 1 aromatic heterocycles. The Morgan fingerprint density at radius 2 is 1.90 bits per heavy atom. The van der Waals surface area contributed by atoms with Crippen LogP contribution >= 0.6 is 24.0 Å². The first kappa shape index (κ1) is 22.0. The Bertz CT molecular complexity index is 1100. The molecule has 2 saturated heterocycles. The van der Waals surface area contributed by atoms with Crippen LogP contribution in [-0.2, 0) is 16.1 Å². The van der Waals surface area contributed by atoms with Gasteiger partial charge in [0.05, 0.1) is 34.8 Å². The molecule has 1 amide bonds. The van der Waals surface area contributed by atoms with Crippen LogP contribution in [0.2, 0.25) is 0 Å². The van der Waals surface area contributed by atoms with E-state index in [1.54, 1.807) is 22.7 Å². The smallest absolute Gasteiger partial charge is 0.266 e. The number of aryl methyl sites for hydroxylation is 1. The minimum atomic E-state index is -0.160. The standard InChI is InChI=1S/C23H27N3O3S2/c1-3-25-18-10-6-5-9-16(18)20(24-11-7-4-8-12-24)17(21(25)27)15-19-22(28)26(13-14-29-2)23(30)31-19/h5-6,9-10,15H,3-4,7-8,11-14H2,1-2H3. The molecular formula is C23H27N3O3S2. The fourth-order valence-electron chi connectivity index (χ4n) is 4.32. The van der Waals surface area contributed by atoms with Crippen LogP contribution in [-0.4, -0.2) is 53.0 Å². The largest absolute Gasteiger partial charge is 0.383 e. The van der Waals surface area contributed by atoms with Gasteiger partial charge in [0.15, 0.2) is 0 Å². The fourth-order valence-corrected chi connectivity index (χ4v) is 5.61. The zero-order valence-corrected chi connectivity index (χ0v) is 19.6. The van der Waals surface area contributed by atoms with E-state index < -0.39 is 0 Å². The van der Waals surface area contributed by atoms with Gasteiger partial charge in [-0.05, 0) is 38.3 Å². The van der Waals surface area contributed by atoms with Crippen molar-refractivity contribution in [2.24, 2.45) is 0 Å². The van der Waals surface area contributed by atoms with Crippen molar-refractivity contribution in [3.8, 4) is 0 Å². The van der Waals surface area contributed by atoms with Crippen LogP contribution in [0.15, 0.2) is 34.0 Å². The van der Waals surface area contributed by atoms with E-state index in [4.69, 9.17) is 17.0 Å². The minimum Gasteiger partial charge on any atom is -0.383 e. The molecule has 3 heterocycles. The van der Waals surface area contributed by atoms with Crippen LogP contribution in [0.4, 0.5) is 5.69 Å². The Kier molecular flexibility index (Phi) is 6.79. The predicted molar refractivity (Wildman–Crippen MR) is 132 cm³/mol. The number of ether oxygens (including phenoxy) is 1. The third-order valence-electron chi connectivity index (χ3n) is 5.84. The first-order chi connectivity index (χ1) is 15.1. The molecule has 0 radical (unpaired) electrons. The van der Waals surface area contributed by atoms with Crippen LogP contribution < -0.4 is 10.5 Å². The summed E-state index contributed by atoms with van der Waals surface area (Å²) >= 11 is 6.68. The van der Waals surface area contributed by atoms with E-state index in [2.05, 4.69) is 11.0 Å². The highest BCUT2D eigenvalue weighted by molar-refractivity contribution is 8.26. The number of carbonyl (C=O) groups is 1. The van der Waals surface area contributed by atoms with Gasteiger partial charge >= 0.3 is 0 Å². The highest BCUT2D eigenvalue weighted by Crippen LogP contribution is 2.36. The molecule has 4 rings (SSSR count). The fraction of sp³-hybridized carbons (Fsp3) is 0.435. The normalized spacial score (nSPS) is 18.6. The van der Waals surface area contributed by atoms with E-state index in [9.17, 15) is 9.59 Å². The Balaban J connectivity index is 1.90. The molecule has 6 nitrogen and oxygen atoms in total. The van der Waals surface area contributed by atoms with Gasteiger partial charge in [0.25, 0.3) is 11.5 Å². The van der Waals surface area contributed by atoms with Crippen molar-refractivity contribution in [1.82, 2.24) is 9.47 Å². The number of rotatable bonds is 6. The maximum absolute atomic E-state index is 13.6. The first-order valence-corrected chi connectivity index (χ1v) is 11.9. The Hall–Kier alpha value is -2.16. The summed E-state index contributed by atoms with van der Waals surface area (Å²) in [6.07, 6.45) is 5.17. The summed E-state index contributed by atoms with van der Waals surface area (Å²) in [4.78, 5) is 31.0. The zero-order chi connectivity index (χ0) is 22.0. The van der Waals surface area contributed by atoms with Crippen molar-refractivity contribution in [2.45, 2.75) is 32.7 Å². The molecule has 0 aliphatic carbocycles. The SMILES string of the molecule is CCn1c(=O)c(C=C2SC(=S)N(CCOC)C2=O)c(N2CCCCC2)c2ccccc21. The summed E-state index contributed by atoms with van der Waals surface area (Å²) in [5, 5.41) is 1.05. The number of thiocarbonyl (C=S) groups is 1. The number of para-hydroxylation sites is 1. The van der Waals surface area contributed by atoms with Gasteiger partial charge in [-0.1, -0.05) is 42.2 Å². The van der Waals surface area contributed by atoms with Gasteiger partial charge in [-0.2, -0.15) is 0 Å². The van der Waals surface area contributed by atoms with Gasteiger partial charge in [-0.25, -0.2) is 0 Å². The van der Waals surface area contributed by atoms with Gasteiger partial charge in [0.2, 0.25) is 0 Å². The van der Waals surface area contributed by atoms with E-state index in [1.165, 1.54) is 18.2 Å². The number of aromatic nitrogens is 1. The molecule has 164 valence electrons. The number of methoxy groups -OCH3 is 1. The number of anilines is 1. The van der Waals surface area contributed by atoms with Gasteiger partial charge in [-0.3, -0.25) is 14.5 Å². The predicted octanol–water partition coefficient (Wildman–Crippen LogP) is 3.86. The van der Waals surface area contributed by atoms with E-state index >= 15 is 0 Å². The van der Waals surface area contributed by atoms with Gasteiger partial charge in [0, 0.05) is 32.1 Å². The molecule has 1 aromatic carbocycles. The third-order valence-corrected chi connectivity index (χ3v) is 7.21. The summed E-state index contributed by atoms with van der Waals surface area (Å²) < 4.78 is 7.40. The molecule has 0 atom stereocenters. The topological polar surface area (TPSA) is 54.8 Å². The molecule has 0 saturated carbocycles. The van der Waals surface area contributed by atoms with Crippen LogP contribution in [0.1, 0.15) is 31.7 Å². The van der Waals surface area contributed by atoms with Crippen LogP contribution in [0.3, 0.4) is 0 Å². The number of pyridine rings is 1. The lowest BCUT2D eigenvalue weighted by molar-refractivity contribution is -0.122. The van der Waals surface area contributed by atoms with Crippen molar-refractivity contribution in [3.05, 3.63) is 45.1 Å². The number of fused-ring (bicyclic) bond motifs is 1. The number of hydrogen-bond acceptors (Lipinski definition) is 6. The van der Waals surface area contributed by atoms with Gasteiger partial charge in [0.1, 0.15) is 4.32 Å². The molecule has 0 N–H and O–H groups in total. The first-order valence-electron chi connectivity index (χ1n) is 10.7. The number of nitrogens with zero attached hydrogens (tertiary/aromatic N) is 3. The monoisotopic (exact) mass is 457 g/mol. The number of benzene rings is 1. The van der Waals surface area contributed by atoms with E-state index in [-0.39, 0.29) is 11.5 Å². The number of thioether (sulfide) groups is 1. The molecule has 31 heavy (non-hydrogen) atoms. The molecule has 2 aliphatic rings. The summed E-state index contributed by atoms with van der Waals surface area (Å²) in [5.74, 6) is -0.160. The minimum absolute atomic E-state index is 0.0658. The molecule has 0 bridgehead atoms. The Morgan fingerprint density at radius 1 is 1.16 bits per heavy atom. The van der Waals surface area contributed by atoms with Crippen molar-refractivity contribution < 1.29 is 9.53 Å². The molecule has 0 spiro atoms. The summed E-state index contributed by atoms with van der Waals surface area (Å²) in [7, 11) is 1.60. The maximum atomic E-state index is 13.6. The quantitative estimate of drug-likeness (QED) is 0.485. The van der Waals surface area contributed by atoms with Crippen molar-refractivity contribution in [3.63, 3.8) is 0 Å². The number of carbonyl (C=O) groups excluding carboxylic acids is 1. The average Bonchev–Trinajstić information content (AvgIpc) is 3.06. The highest BCUT2D eigenvalue weighted by Gasteiger charge is 2.33. The van der Waals surface area contributed by atoms with Crippen molar-refractivity contribution >= 4 is 56.9 Å².